The molecular weight excluding hydrogens is 294 g/mol. The van der Waals surface area contributed by atoms with Gasteiger partial charge in [-0.2, -0.15) is 0 Å². The maximum absolute atomic E-state index is 11.2. The Balaban J connectivity index is 3.51. The standard InChI is InChI=1S/C22H35NO/c1-4-5-6-7-8-9-10-11-12-13-14-15-16-17-18-19-20-23-22(24)21(2)3/h13-20H,2,4-12H2,1,3H3,(H,23,24). The third-order valence-corrected chi connectivity index (χ3v) is 3.61. The zero-order chi connectivity index (χ0) is 17.9. The van der Waals surface area contributed by atoms with Crippen LogP contribution in [-0.4, -0.2) is 5.91 Å². The van der Waals surface area contributed by atoms with E-state index in [-0.39, 0.29) is 5.91 Å². The number of rotatable bonds is 14. The first-order valence-corrected chi connectivity index (χ1v) is 9.30. The molecule has 0 bridgehead atoms. The Morgan fingerprint density at radius 3 is 2.00 bits per heavy atom. The first kappa shape index (κ1) is 22.2. The zero-order valence-corrected chi connectivity index (χ0v) is 15.6. The first-order valence-electron chi connectivity index (χ1n) is 9.30. The molecule has 0 aliphatic heterocycles. The smallest absolute Gasteiger partial charge is 0.250 e. The van der Waals surface area contributed by atoms with E-state index in [1.807, 2.05) is 24.3 Å². The average Bonchev–Trinajstić information content (AvgIpc) is 2.57. The SMILES string of the molecule is C=C(C)C(=O)NC=CC=CC=CC=CCCCCCCCCCC. The van der Waals surface area contributed by atoms with Crippen LogP contribution in [0.4, 0.5) is 0 Å². The number of hydrogen-bond acceptors (Lipinski definition) is 1. The monoisotopic (exact) mass is 329 g/mol. The molecule has 0 saturated heterocycles. The minimum Gasteiger partial charge on any atom is -0.329 e. The zero-order valence-electron chi connectivity index (χ0n) is 15.6. The summed E-state index contributed by atoms with van der Waals surface area (Å²) in [4.78, 5) is 11.2. The fourth-order valence-electron chi connectivity index (χ4n) is 2.13. The number of carbonyl (C=O) groups excluding carboxylic acids is 1. The summed E-state index contributed by atoms with van der Waals surface area (Å²) >= 11 is 0. The number of amides is 1. The van der Waals surface area contributed by atoms with Gasteiger partial charge in [0.15, 0.2) is 0 Å². The van der Waals surface area contributed by atoms with Crippen LogP contribution >= 0.6 is 0 Å². The Labute approximate surface area is 149 Å². The quantitative estimate of drug-likeness (QED) is 0.223. The topological polar surface area (TPSA) is 29.1 Å². The van der Waals surface area contributed by atoms with Gasteiger partial charge in [-0.15, -0.1) is 0 Å². The molecule has 0 unspecified atom stereocenters. The third kappa shape index (κ3) is 16.5. The van der Waals surface area contributed by atoms with E-state index in [9.17, 15) is 4.79 Å². The summed E-state index contributed by atoms with van der Waals surface area (Å²) in [6, 6.07) is 0. The minimum atomic E-state index is -0.154. The minimum absolute atomic E-state index is 0.154. The number of allylic oxidation sites excluding steroid dienone is 7. The maximum atomic E-state index is 11.2. The molecule has 0 saturated carbocycles. The highest BCUT2D eigenvalue weighted by atomic mass is 16.1. The van der Waals surface area contributed by atoms with E-state index in [1.165, 1.54) is 51.4 Å². The van der Waals surface area contributed by atoms with E-state index in [2.05, 4.69) is 31.0 Å². The van der Waals surface area contributed by atoms with Crippen LogP contribution in [0.5, 0.6) is 0 Å². The van der Waals surface area contributed by atoms with Gasteiger partial charge in [0.05, 0.1) is 0 Å². The fourth-order valence-corrected chi connectivity index (χ4v) is 2.13. The van der Waals surface area contributed by atoms with Crippen molar-refractivity contribution in [1.82, 2.24) is 5.32 Å². The highest BCUT2D eigenvalue weighted by Crippen LogP contribution is 2.09. The van der Waals surface area contributed by atoms with Crippen LogP contribution in [0.3, 0.4) is 0 Å². The molecule has 24 heavy (non-hydrogen) atoms. The van der Waals surface area contributed by atoms with Crippen molar-refractivity contribution < 1.29 is 4.79 Å². The molecule has 0 rings (SSSR count). The summed E-state index contributed by atoms with van der Waals surface area (Å²) in [6.45, 7) is 7.51. The molecule has 1 amide bonds. The molecule has 0 heterocycles. The Kier molecular flexibility index (Phi) is 16.2. The Hall–Kier alpha value is -1.83. The molecule has 2 heteroatoms. The van der Waals surface area contributed by atoms with Gasteiger partial charge in [0.25, 0.3) is 0 Å². The molecule has 0 spiro atoms. The first-order chi connectivity index (χ1) is 11.7. The predicted molar refractivity (Wildman–Crippen MR) is 107 cm³/mol. The van der Waals surface area contributed by atoms with Crippen LogP contribution in [0.2, 0.25) is 0 Å². The van der Waals surface area contributed by atoms with Crippen molar-refractivity contribution in [3.63, 3.8) is 0 Å². The second kappa shape index (κ2) is 17.5. The van der Waals surface area contributed by atoms with Crippen molar-refractivity contribution in [3.05, 3.63) is 60.9 Å². The average molecular weight is 330 g/mol. The van der Waals surface area contributed by atoms with Crippen molar-refractivity contribution >= 4 is 5.91 Å². The largest absolute Gasteiger partial charge is 0.329 e. The van der Waals surface area contributed by atoms with E-state index in [4.69, 9.17) is 0 Å². The lowest BCUT2D eigenvalue weighted by Gasteiger charge is -1.99. The van der Waals surface area contributed by atoms with Crippen LogP contribution in [-0.2, 0) is 4.79 Å². The van der Waals surface area contributed by atoms with E-state index < -0.39 is 0 Å². The third-order valence-electron chi connectivity index (χ3n) is 3.61. The number of hydrogen-bond donors (Lipinski definition) is 1. The molecule has 1 N–H and O–H groups in total. The van der Waals surface area contributed by atoms with Gasteiger partial charge < -0.3 is 5.32 Å². The van der Waals surface area contributed by atoms with Gasteiger partial charge in [-0.25, -0.2) is 0 Å². The maximum Gasteiger partial charge on any atom is 0.250 e. The van der Waals surface area contributed by atoms with Crippen molar-refractivity contribution in [3.8, 4) is 0 Å². The van der Waals surface area contributed by atoms with Gasteiger partial charge in [0.1, 0.15) is 0 Å². The van der Waals surface area contributed by atoms with E-state index in [1.54, 1.807) is 19.2 Å². The van der Waals surface area contributed by atoms with Gasteiger partial charge in [-0.05, 0) is 25.8 Å². The van der Waals surface area contributed by atoms with Crippen LogP contribution < -0.4 is 5.32 Å². The molecule has 0 aliphatic carbocycles. The molecule has 0 aromatic carbocycles. The lowest BCUT2D eigenvalue weighted by molar-refractivity contribution is -0.116. The Morgan fingerprint density at radius 1 is 0.833 bits per heavy atom. The summed E-state index contributed by atoms with van der Waals surface area (Å²) in [6.07, 6.45) is 27.7. The number of unbranched alkanes of at least 4 members (excludes halogenated alkanes) is 8. The van der Waals surface area contributed by atoms with Gasteiger partial charge >= 0.3 is 0 Å². The normalized spacial score (nSPS) is 12.1. The van der Waals surface area contributed by atoms with Crippen molar-refractivity contribution in [2.75, 3.05) is 0 Å². The van der Waals surface area contributed by atoms with E-state index in [0.29, 0.717) is 5.57 Å². The molecule has 2 nitrogen and oxygen atoms in total. The molecule has 0 aliphatic rings. The number of nitrogens with one attached hydrogen (secondary N) is 1. The Bertz CT molecular complexity index is 441. The summed E-state index contributed by atoms with van der Waals surface area (Å²) in [5.41, 5.74) is 0.505. The van der Waals surface area contributed by atoms with Crippen LogP contribution in [0.25, 0.3) is 0 Å². The molecule has 0 radical (unpaired) electrons. The van der Waals surface area contributed by atoms with Crippen molar-refractivity contribution in [2.24, 2.45) is 0 Å². The molecule has 0 fully saturated rings. The lowest BCUT2D eigenvalue weighted by Crippen LogP contribution is -2.16. The van der Waals surface area contributed by atoms with E-state index in [0.717, 1.165) is 6.42 Å². The van der Waals surface area contributed by atoms with Crippen LogP contribution in [0.15, 0.2) is 60.9 Å². The van der Waals surface area contributed by atoms with Gasteiger partial charge in [-0.1, -0.05) is 94.9 Å². The van der Waals surface area contributed by atoms with Gasteiger partial charge in [0, 0.05) is 11.8 Å². The molecule has 134 valence electrons. The van der Waals surface area contributed by atoms with Crippen molar-refractivity contribution in [1.29, 1.82) is 0 Å². The lowest BCUT2D eigenvalue weighted by atomic mass is 10.1. The molecule has 0 aromatic heterocycles. The van der Waals surface area contributed by atoms with Gasteiger partial charge in [0.2, 0.25) is 5.91 Å². The van der Waals surface area contributed by atoms with E-state index >= 15 is 0 Å². The molecule has 0 aromatic rings. The second-order valence-electron chi connectivity index (χ2n) is 6.07. The number of carbonyl (C=O) groups is 1. The second-order valence-corrected chi connectivity index (χ2v) is 6.07. The molecular formula is C22H35NO. The van der Waals surface area contributed by atoms with Crippen LogP contribution in [0, 0.1) is 0 Å². The predicted octanol–water partition coefficient (Wildman–Crippen LogP) is 6.39. The fraction of sp³-hybridized carbons (Fsp3) is 0.500. The highest BCUT2D eigenvalue weighted by Gasteiger charge is 1.94. The summed E-state index contributed by atoms with van der Waals surface area (Å²) in [7, 11) is 0. The summed E-state index contributed by atoms with van der Waals surface area (Å²) < 4.78 is 0. The summed E-state index contributed by atoms with van der Waals surface area (Å²) in [5, 5.41) is 2.62. The Morgan fingerprint density at radius 2 is 1.38 bits per heavy atom. The van der Waals surface area contributed by atoms with Crippen molar-refractivity contribution in [2.45, 2.75) is 71.6 Å². The van der Waals surface area contributed by atoms with Crippen LogP contribution in [0.1, 0.15) is 71.6 Å². The molecule has 0 atom stereocenters. The summed E-state index contributed by atoms with van der Waals surface area (Å²) in [5.74, 6) is -0.154. The van der Waals surface area contributed by atoms with Gasteiger partial charge in [-0.3, -0.25) is 4.79 Å². The highest BCUT2D eigenvalue weighted by molar-refractivity contribution is 5.92.